The van der Waals surface area contributed by atoms with Gasteiger partial charge in [0, 0.05) is 37.1 Å². The van der Waals surface area contributed by atoms with E-state index in [0.717, 1.165) is 16.5 Å². The van der Waals surface area contributed by atoms with Crippen LogP contribution in [-0.2, 0) is 10.0 Å². The highest BCUT2D eigenvalue weighted by Crippen LogP contribution is 2.22. The average molecular weight is 383 g/mol. The van der Waals surface area contributed by atoms with Crippen LogP contribution in [-0.4, -0.2) is 54.7 Å². The zero-order valence-corrected chi connectivity index (χ0v) is 15.9. The fourth-order valence-corrected chi connectivity index (χ4v) is 5.12. The minimum absolute atomic E-state index is 0.0980. The molecule has 7 heteroatoms. The molecule has 0 radical (unpaired) electrons. The van der Waals surface area contributed by atoms with Crippen molar-refractivity contribution in [3.05, 3.63) is 65.9 Å². The Morgan fingerprint density at radius 3 is 2.33 bits per heavy atom. The molecule has 1 N–H and O–H groups in total. The highest BCUT2D eigenvalue weighted by atomic mass is 32.2. The number of aromatic nitrogens is 1. The van der Waals surface area contributed by atoms with Gasteiger partial charge in [0.25, 0.3) is 5.91 Å². The average Bonchev–Trinajstić information content (AvgIpc) is 3.12. The summed E-state index contributed by atoms with van der Waals surface area (Å²) in [6.45, 7) is 3.13. The number of benzene rings is 2. The van der Waals surface area contributed by atoms with Crippen LogP contribution in [0.25, 0.3) is 10.9 Å². The molecule has 1 aliphatic heterocycles. The van der Waals surface area contributed by atoms with E-state index >= 15 is 0 Å². The number of rotatable bonds is 3. The number of fused-ring (bicyclic) bond motifs is 1. The van der Waals surface area contributed by atoms with E-state index in [4.69, 9.17) is 0 Å². The van der Waals surface area contributed by atoms with Gasteiger partial charge in [0.2, 0.25) is 10.0 Å². The lowest BCUT2D eigenvalue weighted by molar-refractivity contribution is 0.0693. The van der Waals surface area contributed by atoms with Crippen molar-refractivity contribution in [3.63, 3.8) is 0 Å². The summed E-state index contributed by atoms with van der Waals surface area (Å²) in [5.41, 5.74) is 2.18. The number of aromatic amines is 1. The van der Waals surface area contributed by atoms with Crippen LogP contribution in [0.4, 0.5) is 0 Å². The maximum Gasteiger partial charge on any atom is 0.270 e. The number of carbonyl (C=O) groups is 1. The highest BCUT2D eigenvalue weighted by molar-refractivity contribution is 7.89. The monoisotopic (exact) mass is 383 g/mol. The van der Waals surface area contributed by atoms with Gasteiger partial charge in [0.1, 0.15) is 5.69 Å². The number of hydrogen-bond donors (Lipinski definition) is 1. The van der Waals surface area contributed by atoms with Crippen molar-refractivity contribution in [3.8, 4) is 0 Å². The molecule has 0 spiro atoms. The van der Waals surface area contributed by atoms with Gasteiger partial charge < -0.3 is 9.88 Å². The number of nitrogens with zero attached hydrogens (tertiary/aromatic N) is 2. The molecule has 1 fully saturated rings. The molecule has 1 aromatic heterocycles. The number of sulfonamides is 1. The molecule has 6 nitrogen and oxygen atoms in total. The topological polar surface area (TPSA) is 73.5 Å². The van der Waals surface area contributed by atoms with Crippen molar-refractivity contribution in [2.24, 2.45) is 0 Å². The van der Waals surface area contributed by atoms with Gasteiger partial charge in [-0.3, -0.25) is 4.79 Å². The summed E-state index contributed by atoms with van der Waals surface area (Å²) in [4.78, 5) is 18.0. The summed E-state index contributed by atoms with van der Waals surface area (Å²) >= 11 is 0. The first-order valence-electron chi connectivity index (χ1n) is 8.89. The first-order valence-corrected chi connectivity index (χ1v) is 10.3. The molecule has 3 aromatic rings. The molecule has 2 aromatic carbocycles. The van der Waals surface area contributed by atoms with E-state index in [1.54, 1.807) is 30.0 Å². The number of nitrogens with one attached hydrogen (secondary N) is 1. The van der Waals surface area contributed by atoms with Crippen LogP contribution in [0, 0.1) is 6.92 Å². The van der Waals surface area contributed by atoms with Crippen LogP contribution in [0.15, 0.2) is 59.5 Å². The predicted octanol–water partition coefficient (Wildman–Crippen LogP) is 2.62. The molecule has 140 valence electrons. The van der Waals surface area contributed by atoms with E-state index in [9.17, 15) is 13.2 Å². The van der Waals surface area contributed by atoms with Gasteiger partial charge in [-0.15, -0.1) is 0 Å². The fourth-order valence-electron chi connectivity index (χ4n) is 3.48. The first kappa shape index (κ1) is 17.8. The third-order valence-corrected chi connectivity index (χ3v) is 7.06. The third-order valence-electron chi connectivity index (χ3n) is 5.00. The van der Waals surface area contributed by atoms with Gasteiger partial charge in [0.15, 0.2) is 0 Å². The molecule has 27 heavy (non-hydrogen) atoms. The molecule has 4 rings (SSSR count). The molecular weight excluding hydrogens is 362 g/mol. The van der Waals surface area contributed by atoms with Crippen LogP contribution < -0.4 is 0 Å². The Labute approximate surface area is 158 Å². The Bertz CT molecular complexity index is 1060. The minimum Gasteiger partial charge on any atom is -0.351 e. The van der Waals surface area contributed by atoms with Crippen LogP contribution in [0.5, 0.6) is 0 Å². The van der Waals surface area contributed by atoms with Crippen LogP contribution in [0.2, 0.25) is 0 Å². The van der Waals surface area contributed by atoms with Crippen LogP contribution in [0.3, 0.4) is 0 Å². The zero-order valence-electron chi connectivity index (χ0n) is 15.1. The number of amides is 1. The summed E-state index contributed by atoms with van der Waals surface area (Å²) < 4.78 is 27.2. The molecule has 0 unspecified atom stereocenters. The lowest BCUT2D eigenvalue weighted by Gasteiger charge is -2.34. The van der Waals surface area contributed by atoms with Crippen molar-refractivity contribution in [1.82, 2.24) is 14.2 Å². The zero-order chi connectivity index (χ0) is 19.0. The molecule has 0 saturated carbocycles. The van der Waals surface area contributed by atoms with Crippen LogP contribution in [0.1, 0.15) is 16.1 Å². The Kier molecular flexibility index (Phi) is 4.49. The molecular formula is C20H21N3O3S. The second-order valence-corrected chi connectivity index (χ2v) is 8.64. The van der Waals surface area contributed by atoms with Gasteiger partial charge in [0.05, 0.1) is 4.90 Å². The smallest absolute Gasteiger partial charge is 0.270 e. The first-order chi connectivity index (χ1) is 13.0. The Morgan fingerprint density at radius 2 is 1.63 bits per heavy atom. The number of carbonyl (C=O) groups excluding carboxylic acids is 1. The van der Waals surface area contributed by atoms with Crippen LogP contribution >= 0.6 is 0 Å². The number of piperazine rings is 1. The second-order valence-electron chi connectivity index (χ2n) is 6.73. The minimum atomic E-state index is -3.54. The summed E-state index contributed by atoms with van der Waals surface area (Å²) in [7, 11) is -3.54. The van der Waals surface area contributed by atoms with E-state index in [0.29, 0.717) is 36.8 Å². The second kappa shape index (κ2) is 6.83. The van der Waals surface area contributed by atoms with Crippen molar-refractivity contribution in [2.75, 3.05) is 26.2 Å². The van der Waals surface area contributed by atoms with Gasteiger partial charge in [-0.05, 0) is 30.7 Å². The van der Waals surface area contributed by atoms with Crippen molar-refractivity contribution >= 4 is 26.8 Å². The van der Waals surface area contributed by atoms with Gasteiger partial charge in [-0.1, -0.05) is 36.4 Å². The highest BCUT2D eigenvalue weighted by Gasteiger charge is 2.31. The van der Waals surface area contributed by atoms with Gasteiger partial charge in [-0.2, -0.15) is 4.31 Å². The maximum absolute atomic E-state index is 12.9. The number of aryl methyl sites for hydroxylation is 1. The molecule has 0 atom stereocenters. The predicted molar refractivity (Wildman–Crippen MR) is 104 cm³/mol. The maximum atomic E-state index is 12.9. The normalized spacial score (nSPS) is 16.0. The molecule has 1 amide bonds. The lowest BCUT2D eigenvalue weighted by Crippen LogP contribution is -2.50. The molecule has 2 heterocycles. The van der Waals surface area contributed by atoms with Crippen molar-refractivity contribution in [1.29, 1.82) is 0 Å². The van der Waals surface area contributed by atoms with Gasteiger partial charge >= 0.3 is 0 Å². The number of H-pyrrole nitrogens is 1. The Balaban J connectivity index is 1.48. The molecule has 0 aliphatic carbocycles. The van der Waals surface area contributed by atoms with Crippen molar-refractivity contribution in [2.45, 2.75) is 11.8 Å². The summed E-state index contributed by atoms with van der Waals surface area (Å²) in [5, 5.41) is 0.988. The number of hydrogen-bond acceptors (Lipinski definition) is 3. The lowest BCUT2D eigenvalue weighted by atomic mass is 10.2. The number of para-hydroxylation sites is 1. The Hall–Kier alpha value is -2.64. The van der Waals surface area contributed by atoms with Crippen molar-refractivity contribution < 1.29 is 13.2 Å². The molecule has 1 saturated heterocycles. The molecule has 0 bridgehead atoms. The largest absolute Gasteiger partial charge is 0.351 e. The standard InChI is InChI=1S/C20H21N3O3S/c1-15-6-2-5-9-19(15)27(25,26)23-12-10-22(11-13-23)20(24)18-14-16-7-3-4-8-17(16)21-18/h2-9,14,21H,10-13H2,1H3. The third kappa shape index (κ3) is 3.24. The summed E-state index contributed by atoms with van der Waals surface area (Å²) in [6, 6.07) is 16.6. The SMILES string of the molecule is Cc1ccccc1S(=O)(=O)N1CCN(C(=O)c2cc3ccccc3[nH]2)CC1. The summed E-state index contributed by atoms with van der Waals surface area (Å²) in [5.74, 6) is -0.0980. The quantitative estimate of drug-likeness (QED) is 0.756. The van der Waals surface area contributed by atoms with E-state index in [2.05, 4.69) is 4.98 Å². The van der Waals surface area contributed by atoms with Gasteiger partial charge in [-0.25, -0.2) is 8.42 Å². The van der Waals surface area contributed by atoms with E-state index in [1.165, 1.54) is 4.31 Å². The van der Waals surface area contributed by atoms with E-state index in [-0.39, 0.29) is 5.91 Å². The fraction of sp³-hybridized carbons (Fsp3) is 0.250. The van der Waals surface area contributed by atoms with E-state index < -0.39 is 10.0 Å². The Morgan fingerprint density at radius 1 is 0.963 bits per heavy atom. The van der Waals surface area contributed by atoms with E-state index in [1.807, 2.05) is 36.4 Å². The summed E-state index contributed by atoms with van der Waals surface area (Å²) in [6.07, 6.45) is 0. The molecule has 1 aliphatic rings.